The Balaban J connectivity index is 4.16. The van der Waals surface area contributed by atoms with Crippen molar-refractivity contribution in [3.8, 4) is 0 Å². The van der Waals surface area contributed by atoms with E-state index < -0.39 is 0 Å². The van der Waals surface area contributed by atoms with Crippen molar-refractivity contribution < 1.29 is 0 Å². The van der Waals surface area contributed by atoms with E-state index in [1.165, 1.54) is 103 Å². The lowest BCUT2D eigenvalue weighted by Crippen LogP contribution is -2.10. The van der Waals surface area contributed by atoms with Gasteiger partial charge < -0.3 is 0 Å². The van der Waals surface area contributed by atoms with Gasteiger partial charge in [0, 0.05) is 0 Å². The van der Waals surface area contributed by atoms with Gasteiger partial charge in [0.25, 0.3) is 0 Å². The average molecular weight is 311 g/mol. The van der Waals surface area contributed by atoms with E-state index in [4.69, 9.17) is 0 Å². The molecular formula is C22H46. The average Bonchev–Trinajstić information content (AvgIpc) is 2.54. The number of unbranched alkanes of at least 4 members (excludes halogenated alkanes) is 7. The summed E-state index contributed by atoms with van der Waals surface area (Å²) < 4.78 is 0. The van der Waals surface area contributed by atoms with Gasteiger partial charge in [0.15, 0.2) is 0 Å². The van der Waals surface area contributed by atoms with E-state index in [0.717, 1.165) is 11.8 Å². The molecule has 22 heavy (non-hydrogen) atoms. The molecule has 0 heterocycles. The number of rotatable bonds is 17. The van der Waals surface area contributed by atoms with Crippen molar-refractivity contribution in [3.05, 3.63) is 0 Å². The highest BCUT2D eigenvalue weighted by Crippen LogP contribution is 2.30. The number of hydrogen-bond acceptors (Lipinski definition) is 0. The van der Waals surface area contributed by atoms with E-state index in [2.05, 4.69) is 27.7 Å². The minimum absolute atomic E-state index is 1.03. The van der Waals surface area contributed by atoms with Gasteiger partial charge in [-0.3, -0.25) is 0 Å². The van der Waals surface area contributed by atoms with Crippen molar-refractivity contribution in [2.24, 2.45) is 11.8 Å². The van der Waals surface area contributed by atoms with E-state index in [-0.39, 0.29) is 0 Å². The molecule has 0 N–H and O–H groups in total. The molecule has 0 aromatic heterocycles. The molecule has 0 aromatic rings. The molecule has 0 aromatic carbocycles. The summed E-state index contributed by atoms with van der Waals surface area (Å²) in [7, 11) is 0. The van der Waals surface area contributed by atoms with Gasteiger partial charge in [0.05, 0.1) is 0 Å². The molecule has 0 aliphatic carbocycles. The summed E-state index contributed by atoms with van der Waals surface area (Å²) in [6, 6.07) is 0. The fourth-order valence-corrected chi connectivity index (χ4v) is 3.75. The minimum atomic E-state index is 1.03. The molecule has 0 rings (SSSR count). The van der Waals surface area contributed by atoms with Crippen LogP contribution in [0.2, 0.25) is 0 Å². The van der Waals surface area contributed by atoms with Crippen molar-refractivity contribution in [1.82, 2.24) is 0 Å². The normalized spacial score (nSPS) is 13.0. The zero-order valence-electron chi connectivity index (χ0n) is 16.5. The van der Waals surface area contributed by atoms with E-state index in [1.807, 2.05) is 0 Å². The standard InChI is InChI=1S/C22H46/c1-5-9-13-14-15-19-22(18-12-8-4)20-21(16-10-6-2)17-11-7-3/h21-22H,5-20H2,1-4H3. The first kappa shape index (κ1) is 22.0. The predicted octanol–water partition coefficient (Wildman–Crippen LogP) is 8.54. The van der Waals surface area contributed by atoms with Crippen LogP contribution >= 0.6 is 0 Å². The molecule has 1 atom stereocenters. The van der Waals surface area contributed by atoms with Crippen LogP contribution < -0.4 is 0 Å². The monoisotopic (exact) mass is 310 g/mol. The van der Waals surface area contributed by atoms with Gasteiger partial charge in [0.2, 0.25) is 0 Å². The summed E-state index contributed by atoms with van der Waals surface area (Å²) in [6.07, 6.45) is 23.3. The minimum Gasteiger partial charge on any atom is -0.0654 e. The van der Waals surface area contributed by atoms with Crippen LogP contribution in [0.25, 0.3) is 0 Å². The van der Waals surface area contributed by atoms with E-state index >= 15 is 0 Å². The molecular weight excluding hydrogens is 264 g/mol. The van der Waals surface area contributed by atoms with Crippen molar-refractivity contribution in [3.63, 3.8) is 0 Å². The summed E-state index contributed by atoms with van der Waals surface area (Å²) in [5.41, 5.74) is 0. The molecule has 0 aliphatic heterocycles. The van der Waals surface area contributed by atoms with Crippen LogP contribution in [0.4, 0.5) is 0 Å². The van der Waals surface area contributed by atoms with Crippen LogP contribution in [-0.4, -0.2) is 0 Å². The maximum atomic E-state index is 2.35. The lowest BCUT2D eigenvalue weighted by atomic mass is 9.82. The third-order valence-electron chi connectivity index (χ3n) is 5.28. The zero-order chi connectivity index (χ0) is 16.5. The summed E-state index contributed by atoms with van der Waals surface area (Å²) in [4.78, 5) is 0. The molecule has 0 heteroatoms. The third-order valence-corrected chi connectivity index (χ3v) is 5.28. The van der Waals surface area contributed by atoms with Gasteiger partial charge in [-0.2, -0.15) is 0 Å². The lowest BCUT2D eigenvalue weighted by molar-refractivity contribution is 0.287. The summed E-state index contributed by atoms with van der Waals surface area (Å²) in [6.45, 7) is 9.36. The second-order valence-corrected chi connectivity index (χ2v) is 7.60. The Kier molecular flexibility index (Phi) is 17.4. The Bertz CT molecular complexity index is 188. The van der Waals surface area contributed by atoms with Crippen LogP contribution in [0.5, 0.6) is 0 Å². The predicted molar refractivity (Wildman–Crippen MR) is 104 cm³/mol. The number of hydrogen-bond donors (Lipinski definition) is 0. The quantitative estimate of drug-likeness (QED) is 0.236. The second kappa shape index (κ2) is 17.4. The first-order valence-electron chi connectivity index (χ1n) is 10.8. The Morgan fingerprint density at radius 3 is 1.18 bits per heavy atom. The van der Waals surface area contributed by atoms with Crippen molar-refractivity contribution in [2.45, 2.75) is 130 Å². The van der Waals surface area contributed by atoms with Gasteiger partial charge in [-0.15, -0.1) is 0 Å². The van der Waals surface area contributed by atoms with Crippen LogP contribution in [0.3, 0.4) is 0 Å². The molecule has 0 radical (unpaired) electrons. The van der Waals surface area contributed by atoms with Crippen LogP contribution in [0, 0.1) is 11.8 Å². The van der Waals surface area contributed by atoms with Gasteiger partial charge >= 0.3 is 0 Å². The summed E-state index contributed by atoms with van der Waals surface area (Å²) in [5, 5.41) is 0. The fourth-order valence-electron chi connectivity index (χ4n) is 3.75. The first-order valence-corrected chi connectivity index (χ1v) is 10.8. The highest BCUT2D eigenvalue weighted by atomic mass is 14.2. The van der Waals surface area contributed by atoms with Crippen molar-refractivity contribution >= 4 is 0 Å². The Labute approximate surface area is 142 Å². The maximum absolute atomic E-state index is 2.35. The molecule has 0 spiro atoms. The van der Waals surface area contributed by atoms with Crippen LogP contribution in [0.15, 0.2) is 0 Å². The molecule has 0 aliphatic rings. The fraction of sp³-hybridized carbons (Fsp3) is 1.00. The van der Waals surface area contributed by atoms with Crippen molar-refractivity contribution in [2.75, 3.05) is 0 Å². The SMILES string of the molecule is CCCCCCCC(CCCC)CC(CCCC)CCCC. The topological polar surface area (TPSA) is 0 Å². The molecule has 1 unspecified atom stereocenters. The molecule has 0 fully saturated rings. The first-order chi connectivity index (χ1) is 10.8. The molecule has 0 amide bonds. The molecule has 134 valence electrons. The van der Waals surface area contributed by atoms with E-state index in [0.29, 0.717) is 0 Å². The maximum Gasteiger partial charge on any atom is -0.0412 e. The lowest BCUT2D eigenvalue weighted by Gasteiger charge is -2.24. The molecule has 0 nitrogen and oxygen atoms in total. The molecule has 0 saturated heterocycles. The highest BCUT2D eigenvalue weighted by Gasteiger charge is 2.15. The van der Waals surface area contributed by atoms with Gasteiger partial charge in [-0.05, 0) is 18.3 Å². The summed E-state index contributed by atoms with van der Waals surface area (Å²) >= 11 is 0. The van der Waals surface area contributed by atoms with Crippen molar-refractivity contribution in [1.29, 1.82) is 0 Å². The van der Waals surface area contributed by atoms with Gasteiger partial charge in [-0.1, -0.05) is 124 Å². The van der Waals surface area contributed by atoms with Gasteiger partial charge in [0.1, 0.15) is 0 Å². The largest absolute Gasteiger partial charge is 0.0654 e. The van der Waals surface area contributed by atoms with E-state index in [1.54, 1.807) is 0 Å². The van der Waals surface area contributed by atoms with Crippen LogP contribution in [0.1, 0.15) is 130 Å². The summed E-state index contributed by atoms with van der Waals surface area (Å²) in [5.74, 6) is 2.05. The van der Waals surface area contributed by atoms with E-state index in [9.17, 15) is 0 Å². The van der Waals surface area contributed by atoms with Crippen LogP contribution in [-0.2, 0) is 0 Å². The Morgan fingerprint density at radius 2 is 0.773 bits per heavy atom. The molecule has 0 bridgehead atoms. The highest BCUT2D eigenvalue weighted by molar-refractivity contribution is 4.68. The zero-order valence-corrected chi connectivity index (χ0v) is 16.5. The molecule has 0 saturated carbocycles. The Hall–Kier alpha value is 0. The smallest absolute Gasteiger partial charge is 0.0412 e. The van der Waals surface area contributed by atoms with Gasteiger partial charge in [-0.25, -0.2) is 0 Å². The third kappa shape index (κ3) is 13.6. The second-order valence-electron chi connectivity index (χ2n) is 7.60. The Morgan fingerprint density at radius 1 is 0.409 bits per heavy atom.